The van der Waals surface area contributed by atoms with Gasteiger partial charge in [0.15, 0.2) is 5.82 Å². The Morgan fingerprint density at radius 2 is 1.88 bits per heavy atom. The van der Waals surface area contributed by atoms with Crippen LogP contribution in [0.4, 0.5) is 5.69 Å². The van der Waals surface area contributed by atoms with Crippen molar-refractivity contribution in [3.05, 3.63) is 71.3 Å². The highest BCUT2D eigenvalue weighted by atomic mass is 16.5. The highest BCUT2D eigenvalue weighted by Crippen LogP contribution is 2.22. The Morgan fingerprint density at radius 3 is 2.52 bits per heavy atom. The lowest BCUT2D eigenvalue weighted by molar-refractivity contribution is -0.113. The number of carbonyl (C=O) groups is 1. The second kappa shape index (κ2) is 6.81. The molecule has 0 unspecified atom stereocenters. The molecule has 0 saturated carbocycles. The molecule has 3 aromatic rings. The number of hydrogen-bond acceptors (Lipinski definition) is 3. The van der Waals surface area contributed by atoms with Gasteiger partial charge in [0.25, 0.3) is 5.91 Å². The summed E-state index contributed by atoms with van der Waals surface area (Å²) in [4.78, 5) is 14.0. The summed E-state index contributed by atoms with van der Waals surface area (Å²) in [5.41, 5.74) is 3.89. The Morgan fingerprint density at radius 1 is 1.16 bits per heavy atom. The molecule has 2 heterocycles. The number of hydrogen-bond donors (Lipinski definition) is 0. The van der Waals surface area contributed by atoms with Crippen molar-refractivity contribution in [3.63, 3.8) is 0 Å². The van der Waals surface area contributed by atoms with Gasteiger partial charge in [-0.2, -0.15) is 0 Å². The van der Waals surface area contributed by atoms with Crippen LogP contribution in [0.2, 0.25) is 0 Å². The molecule has 0 aliphatic heterocycles. The summed E-state index contributed by atoms with van der Waals surface area (Å²) in [6.45, 7) is 5.87. The third-order valence-electron chi connectivity index (χ3n) is 4.19. The van der Waals surface area contributed by atoms with Crippen LogP contribution in [-0.2, 0) is 4.79 Å². The van der Waals surface area contributed by atoms with E-state index in [1.54, 1.807) is 18.0 Å². The average molecular weight is 335 g/mol. The molecule has 1 amide bonds. The molecule has 0 radical (unpaired) electrons. The number of carbonyl (C=O) groups excluding carboxylic acids is 1. The molecule has 0 fully saturated rings. The van der Waals surface area contributed by atoms with Crippen LogP contribution in [0.5, 0.6) is 0 Å². The molecule has 3 rings (SSSR count). The molecule has 25 heavy (non-hydrogen) atoms. The molecule has 0 aliphatic rings. The highest BCUT2D eigenvalue weighted by Gasteiger charge is 2.13. The van der Waals surface area contributed by atoms with Crippen LogP contribution in [0.15, 0.2) is 53.1 Å². The number of benzene rings is 1. The topological polar surface area (TPSA) is 51.3 Å². The van der Waals surface area contributed by atoms with Gasteiger partial charge in [0.05, 0.1) is 0 Å². The number of aromatic nitrogens is 2. The number of rotatable bonds is 4. The van der Waals surface area contributed by atoms with Gasteiger partial charge in [-0.25, -0.2) is 0 Å². The maximum atomic E-state index is 12.4. The normalized spacial score (nSPS) is 11.2. The molecule has 1 aromatic carbocycles. The lowest BCUT2D eigenvalue weighted by Gasteiger charge is -2.14. The minimum absolute atomic E-state index is 0.0757. The molecule has 5 nitrogen and oxygen atoms in total. The van der Waals surface area contributed by atoms with E-state index in [0.717, 1.165) is 34.2 Å². The molecule has 0 N–H and O–H groups in total. The first kappa shape index (κ1) is 16.8. The summed E-state index contributed by atoms with van der Waals surface area (Å²) in [5, 5.41) is 4.07. The fraction of sp³-hybridized carbons (Fsp3) is 0.200. The molecular weight excluding hydrogens is 314 g/mol. The zero-order chi connectivity index (χ0) is 18.0. The summed E-state index contributed by atoms with van der Waals surface area (Å²) in [6.07, 6.45) is 3.43. The van der Waals surface area contributed by atoms with Crippen LogP contribution in [0.3, 0.4) is 0 Å². The molecule has 0 spiro atoms. The second-order valence-electron chi connectivity index (χ2n) is 6.02. The highest BCUT2D eigenvalue weighted by molar-refractivity contribution is 6.03. The number of para-hydroxylation sites is 1. The summed E-state index contributed by atoms with van der Waals surface area (Å²) < 4.78 is 7.18. The van der Waals surface area contributed by atoms with Crippen molar-refractivity contribution >= 4 is 17.7 Å². The van der Waals surface area contributed by atoms with Crippen LogP contribution in [0, 0.1) is 20.8 Å². The summed E-state index contributed by atoms with van der Waals surface area (Å²) >= 11 is 0. The average Bonchev–Trinajstić information content (AvgIpc) is 3.15. The minimum Gasteiger partial charge on any atom is -0.360 e. The quantitative estimate of drug-likeness (QED) is 0.675. The number of amides is 1. The number of likely N-dealkylation sites (N-methyl/N-ethyl adjacent to an activating group) is 1. The molecule has 0 aliphatic carbocycles. The van der Waals surface area contributed by atoms with Crippen LogP contribution >= 0.6 is 0 Å². The van der Waals surface area contributed by atoms with Crippen molar-refractivity contribution in [1.82, 2.24) is 9.72 Å². The summed E-state index contributed by atoms with van der Waals surface area (Å²) in [6, 6.07) is 13.5. The third kappa shape index (κ3) is 3.40. The summed E-state index contributed by atoms with van der Waals surface area (Å²) in [7, 11) is 1.77. The molecule has 0 atom stereocenters. The van der Waals surface area contributed by atoms with Crippen LogP contribution in [-0.4, -0.2) is 22.7 Å². The van der Waals surface area contributed by atoms with Crippen molar-refractivity contribution in [1.29, 1.82) is 0 Å². The molecular formula is C20H21N3O2. The Labute approximate surface area is 147 Å². The van der Waals surface area contributed by atoms with Gasteiger partial charge < -0.3 is 9.42 Å². The Bertz CT molecular complexity index is 920. The van der Waals surface area contributed by atoms with Crippen molar-refractivity contribution in [2.45, 2.75) is 20.8 Å². The Balaban J connectivity index is 1.84. The van der Waals surface area contributed by atoms with E-state index in [4.69, 9.17) is 4.52 Å². The number of anilines is 1. The monoisotopic (exact) mass is 335 g/mol. The van der Waals surface area contributed by atoms with Crippen LogP contribution in [0.1, 0.15) is 22.7 Å². The van der Waals surface area contributed by atoms with E-state index in [9.17, 15) is 4.79 Å². The van der Waals surface area contributed by atoms with Gasteiger partial charge in [0.1, 0.15) is 5.76 Å². The van der Waals surface area contributed by atoms with Crippen molar-refractivity contribution in [3.8, 4) is 5.82 Å². The van der Waals surface area contributed by atoms with Crippen molar-refractivity contribution in [2.24, 2.45) is 0 Å². The van der Waals surface area contributed by atoms with E-state index < -0.39 is 0 Å². The van der Waals surface area contributed by atoms with E-state index >= 15 is 0 Å². The van der Waals surface area contributed by atoms with Gasteiger partial charge in [-0.3, -0.25) is 9.36 Å². The lowest BCUT2D eigenvalue weighted by Crippen LogP contribution is -2.23. The molecule has 5 heteroatoms. The van der Waals surface area contributed by atoms with E-state index in [0.29, 0.717) is 0 Å². The van der Waals surface area contributed by atoms with Gasteiger partial charge in [-0.1, -0.05) is 23.4 Å². The van der Waals surface area contributed by atoms with Crippen LogP contribution < -0.4 is 4.90 Å². The number of aryl methyl sites for hydroxylation is 2. The molecule has 2 aromatic heterocycles. The maximum absolute atomic E-state index is 12.4. The minimum atomic E-state index is -0.0757. The summed E-state index contributed by atoms with van der Waals surface area (Å²) in [5.74, 6) is 1.44. The van der Waals surface area contributed by atoms with E-state index in [2.05, 4.69) is 5.16 Å². The first-order chi connectivity index (χ1) is 12.0. The molecule has 0 bridgehead atoms. The van der Waals surface area contributed by atoms with Gasteiger partial charge in [0, 0.05) is 36.3 Å². The largest absolute Gasteiger partial charge is 0.360 e. The lowest BCUT2D eigenvalue weighted by atomic mass is 10.2. The van der Waals surface area contributed by atoms with Crippen LogP contribution in [0.25, 0.3) is 11.9 Å². The smallest absolute Gasteiger partial charge is 0.250 e. The zero-order valence-corrected chi connectivity index (χ0v) is 14.9. The van der Waals surface area contributed by atoms with Gasteiger partial charge in [-0.15, -0.1) is 0 Å². The Kier molecular flexibility index (Phi) is 4.57. The van der Waals surface area contributed by atoms with Gasteiger partial charge >= 0.3 is 0 Å². The zero-order valence-electron chi connectivity index (χ0n) is 14.9. The SMILES string of the molecule is Cc1cc(-n2c(C)cc(/C=C/C(=O)N(C)c3ccccc3)c2C)no1. The molecule has 128 valence electrons. The van der Waals surface area contributed by atoms with E-state index in [-0.39, 0.29) is 5.91 Å². The molecule has 0 saturated heterocycles. The standard InChI is InChI=1S/C20H21N3O2/c1-14-12-17(16(3)23(14)19-13-15(2)25-21-19)10-11-20(24)22(4)18-8-6-5-7-9-18/h5-13H,1-4H3/b11-10+. The second-order valence-corrected chi connectivity index (χ2v) is 6.02. The fourth-order valence-electron chi connectivity index (χ4n) is 2.82. The third-order valence-corrected chi connectivity index (χ3v) is 4.19. The Hall–Kier alpha value is -3.08. The van der Waals surface area contributed by atoms with Crippen molar-refractivity contribution < 1.29 is 9.32 Å². The van der Waals surface area contributed by atoms with E-state index in [1.165, 1.54) is 0 Å². The predicted molar refractivity (Wildman–Crippen MR) is 98.9 cm³/mol. The number of nitrogens with zero attached hydrogens (tertiary/aromatic N) is 3. The fourth-order valence-corrected chi connectivity index (χ4v) is 2.82. The van der Waals surface area contributed by atoms with Gasteiger partial charge in [-0.05, 0) is 50.6 Å². The first-order valence-electron chi connectivity index (χ1n) is 8.11. The first-order valence-corrected chi connectivity index (χ1v) is 8.11. The van der Waals surface area contributed by atoms with Gasteiger partial charge in [0.2, 0.25) is 0 Å². The predicted octanol–water partition coefficient (Wildman–Crippen LogP) is 4.07. The van der Waals surface area contributed by atoms with E-state index in [1.807, 2.05) is 73.9 Å². The van der Waals surface area contributed by atoms with Crippen molar-refractivity contribution in [2.75, 3.05) is 11.9 Å². The maximum Gasteiger partial charge on any atom is 0.250 e.